The van der Waals surface area contributed by atoms with Crippen LogP contribution in [0.3, 0.4) is 0 Å². The molecule has 1 amide bonds. The average Bonchev–Trinajstić information content (AvgIpc) is 3.08. The smallest absolute Gasteiger partial charge is 0.422 e. The molecule has 0 spiro atoms. The molecule has 12 heteroatoms. The number of benzene rings is 1. The highest BCUT2D eigenvalue weighted by Crippen LogP contribution is 2.27. The maximum atomic E-state index is 14.4. The van der Waals surface area contributed by atoms with Crippen LogP contribution < -0.4 is 15.0 Å². The highest BCUT2D eigenvalue weighted by atomic mass is 19.4. The van der Waals surface area contributed by atoms with Gasteiger partial charge < -0.3 is 19.9 Å². The van der Waals surface area contributed by atoms with Crippen LogP contribution in [0.4, 0.5) is 34.1 Å². The molecule has 1 aromatic heterocycles. The summed E-state index contributed by atoms with van der Waals surface area (Å²) in [6.45, 7) is 1.61. The normalized spacial score (nSPS) is 18.5. The number of hydrogen-bond acceptors (Lipinski definition) is 7. The van der Waals surface area contributed by atoms with E-state index in [1.54, 1.807) is 6.92 Å². The van der Waals surface area contributed by atoms with Gasteiger partial charge in [0.1, 0.15) is 30.0 Å². The van der Waals surface area contributed by atoms with Gasteiger partial charge in [-0.05, 0) is 26.0 Å². The molecule has 3 atom stereocenters. The molecule has 1 saturated heterocycles. The third kappa shape index (κ3) is 5.51. The van der Waals surface area contributed by atoms with Crippen molar-refractivity contribution < 1.29 is 36.9 Å². The van der Waals surface area contributed by atoms with Crippen LogP contribution in [0, 0.1) is 5.82 Å². The fourth-order valence-electron chi connectivity index (χ4n) is 2.99. The standard InChI is InChI=1S/C19H20F4N4O4/c1-10(13-4-3-12(7-14(13)20)31-9-19(21,22)23)25-17-24-6-5-16(26-17)27-15(11(2)28)8-30-18(27)29/h3-7,10-11,15,28H,8-9H2,1-2H3,(H,24,25,26)/t10-,11+,15?/m0/s1. The van der Waals surface area contributed by atoms with Crippen LogP contribution >= 0.6 is 0 Å². The van der Waals surface area contributed by atoms with E-state index in [4.69, 9.17) is 4.74 Å². The van der Waals surface area contributed by atoms with Crippen molar-refractivity contribution >= 4 is 17.9 Å². The predicted molar refractivity (Wildman–Crippen MR) is 101 cm³/mol. The molecule has 1 aliphatic rings. The minimum atomic E-state index is -4.53. The second-order valence-corrected chi connectivity index (χ2v) is 6.95. The van der Waals surface area contributed by atoms with Crippen molar-refractivity contribution in [2.24, 2.45) is 0 Å². The Kier molecular flexibility index (Phi) is 6.48. The fraction of sp³-hybridized carbons (Fsp3) is 0.421. The van der Waals surface area contributed by atoms with E-state index in [9.17, 15) is 27.5 Å². The van der Waals surface area contributed by atoms with Crippen LogP contribution in [-0.2, 0) is 4.74 Å². The SMILES string of the molecule is C[C@H](Nc1nccc(N2C(=O)OCC2[C@@H](C)O)n1)c1ccc(OCC(F)(F)F)cc1F. The number of hydrogen-bond donors (Lipinski definition) is 2. The molecule has 0 aliphatic carbocycles. The van der Waals surface area contributed by atoms with Crippen molar-refractivity contribution in [2.45, 2.75) is 38.2 Å². The van der Waals surface area contributed by atoms with Crippen molar-refractivity contribution in [3.8, 4) is 5.75 Å². The molecule has 168 valence electrons. The molecule has 1 aliphatic heterocycles. The highest BCUT2D eigenvalue weighted by molar-refractivity contribution is 5.89. The number of alkyl halides is 3. The molecule has 31 heavy (non-hydrogen) atoms. The second kappa shape index (κ2) is 8.92. The van der Waals surface area contributed by atoms with Gasteiger partial charge >= 0.3 is 12.3 Å². The van der Waals surface area contributed by atoms with Crippen LogP contribution in [0.1, 0.15) is 25.5 Å². The molecule has 3 rings (SSSR count). The maximum absolute atomic E-state index is 14.4. The first-order valence-electron chi connectivity index (χ1n) is 9.28. The summed E-state index contributed by atoms with van der Waals surface area (Å²) in [6, 6.07) is 3.57. The van der Waals surface area contributed by atoms with Gasteiger partial charge in [-0.3, -0.25) is 4.90 Å². The fourth-order valence-corrected chi connectivity index (χ4v) is 2.99. The van der Waals surface area contributed by atoms with Crippen LogP contribution in [0.15, 0.2) is 30.5 Å². The van der Waals surface area contributed by atoms with Crippen molar-refractivity contribution in [1.29, 1.82) is 0 Å². The zero-order valence-corrected chi connectivity index (χ0v) is 16.6. The topological polar surface area (TPSA) is 96.8 Å². The van der Waals surface area contributed by atoms with Crippen molar-refractivity contribution in [1.82, 2.24) is 9.97 Å². The predicted octanol–water partition coefficient (Wildman–Crippen LogP) is 3.44. The number of halogens is 4. The lowest BCUT2D eigenvalue weighted by atomic mass is 10.1. The summed E-state index contributed by atoms with van der Waals surface area (Å²) in [6.07, 6.45) is -4.67. The van der Waals surface area contributed by atoms with Gasteiger partial charge in [0.05, 0.1) is 12.1 Å². The van der Waals surface area contributed by atoms with E-state index >= 15 is 0 Å². The second-order valence-electron chi connectivity index (χ2n) is 6.95. The van der Waals surface area contributed by atoms with E-state index in [1.165, 1.54) is 36.2 Å². The molecule has 8 nitrogen and oxygen atoms in total. The number of aromatic nitrogens is 2. The lowest BCUT2D eigenvalue weighted by Gasteiger charge is -2.23. The summed E-state index contributed by atoms with van der Waals surface area (Å²) >= 11 is 0. The molecule has 2 N–H and O–H groups in total. The molecule has 2 aromatic rings. The van der Waals surface area contributed by atoms with E-state index in [0.29, 0.717) is 0 Å². The maximum Gasteiger partial charge on any atom is 0.422 e. The zero-order valence-electron chi connectivity index (χ0n) is 16.6. The number of aliphatic hydroxyl groups is 1. The Bertz CT molecular complexity index is 941. The minimum Gasteiger partial charge on any atom is -0.484 e. The number of anilines is 2. The number of cyclic esters (lactones) is 1. The lowest BCUT2D eigenvalue weighted by molar-refractivity contribution is -0.153. The van der Waals surface area contributed by atoms with Gasteiger partial charge in [-0.25, -0.2) is 14.2 Å². The van der Waals surface area contributed by atoms with Gasteiger partial charge in [-0.2, -0.15) is 18.2 Å². The Morgan fingerprint density at radius 2 is 2.10 bits per heavy atom. The Labute approximate surface area is 174 Å². The van der Waals surface area contributed by atoms with Crippen molar-refractivity contribution in [3.63, 3.8) is 0 Å². The first-order valence-corrected chi connectivity index (χ1v) is 9.28. The zero-order chi connectivity index (χ0) is 22.8. The molecule has 0 bridgehead atoms. The number of amides is 1. The van der Waals surface area contributed by atoms with Crippen LogP contribution in [0.2, 0.25) is 0 Å². The van der Waals surface area contributed by atoms with E-state index in [1.807, 2.05) is 0 Å². The van der Waals surface area contributed by atoms with Crippen LogP contribution in [0.5, 0.6) is 5.75 Å². The summed E-state index contributed by atoms with van der Waals surface area (Å²) in [5.41, 5.74) is 0.149. The first kappa shape index (κ1) is 22.5. The Morgan fingerprint density at radius 3 is 2.74 bits per heavy atom. The summed E-state index contributed by atoms with van der Waals surface area (Å²) in [4.78, 5) is 21.5. The molecule has 2 heterocycles. The molecule has 1 unspecified atom stereocenters. The average molecular weight is 444 g/mol. The number of ether oxygens (including phenoxy) is 2. The summed E-state index contributed by atoms with van der Waals surface area (Å²) < 4.78 is 60.6. The van der Waals surface area contributed by atoms with Crippen LogP contribution in [0.25, 0.3) is 0 Å². The Balaban J connectivity index is 1.73. The van der Waals surface area contributed by atoms with Gasteiger partial charge in [-0.15, -0.1) is 0 Å². The van der Waals surface area contributed by atoms with Gasteiger partial charge in [0.2, 0.25) is 5.95 Å². The molecule has 1 fully saturated rings. The Morgan fingerprint density at radius 1 is 1.35 bits per heavy atom. The third-order valence-electron chi connectivity index (χ3n) is 4.54. The molecule has 0 saturated carbocycles. The molecular weight excluding hydrogens is 424 g/mol. The third-order valence-corrected chi connectivity index (χ3v) is 4.54. The summed E-state index contributed by atoms with van der Waals surface area (Å²) in [5, 5.41) is 12.7. The number of rotatable bonds is 7. The lowest BCUT2D eigenvalue weighted by Crippen LogP contribution is -2.41. The van der Waals surface area contributed by atoms with Crippen molar-refractivity contribution in [2.75, 3.05) is 23.4 Å². The molecule has 1 aromatic carbocycles. The van der Waals surface area contributed by atoms with Crippen LogP contribution in [-0.4, -0.2) is 52.7 Å². The van der Waals surface area contributed by atoms with Gasteiger partial charge in [0.25, 0.3) is 0 Å². The minimum absolute atomic E-state index is 0.00758. The highest BCUT2D eigenvalue weighted by Gasteiger charge is 2.38. The van der Waals surface area contributed by atoms with E-state index < -0.39 is 42.9 Å². The first-order chi connectivity index (χ1) is 14.5. The Hall–Kier alpha value is -3.15. The van der Waals surface area contributed by atoms with E-state index in [-0.39, 0.29) is 29.7 Å². The number of nitrogens with one attached hydrogen (secondary N) is 1. The number of carbonyl (C=O) groups excluding carboxylic acids is 1. The number of nitrogens with zero attached hydrogens (tertiary/aromatic N) is 3. The largest absolute Gasteiger partial charge is 0.484 e. The quantitative estimate of drug-likeness (QED) is 0.632. The van der Waals surface area contributed by atoms with E-state index in [0.717, 1.165) is 6.07 Å². The summed E-state index contributed by atoms with van der Waals surface area (Å²) in [5.74, 6) is -0.755. The molecular formula is C19H20F4N4O4. The van der Waals surface area contributed by atoms with Crippen molar-refractivity contribution in [3.05, 3.63) is 41.8 Å². The monoisotopic (exact) mass is 444 g/mol. The number of aliphatic hydroxyl groups excluding tert-OH is 1. The van der Waals surface area contributed by atoms with Gasteiger partial charge in [0.15, 0.2) is 6.61 Å². The van der Waals surface area contributed by atoms with Gasteiger partial charge in [0, 0.05) is 17.8 Å². The van der Waals surface area contributed by atoms with E-state index in [2.05, 4.69) is 20.0 Å². The number of carbonyl (C=O) groups is 1. The summed E-state index contributed by atoms with van der Waals surface area (Å²) in [7, 11) is 0. The van der Waals surface area contributed by atoms with Gasteiger partial charge in [-0.1, -0.05) is 6.07 Å². The molecule has 0 radical (unpaired) electrons.